The molecule has 2 unspecified atom stereocenters. The first-order valence-electron chi connectivity index (χ1n) is 6.78. The van der Waals surface area contributed by atoms with Gasteiger partial charge in [-0.3, -0.25) is 4.79 Å². The molecule has 104 valence electrons. The van der Waals surface area contributed by atoms with Crippen molar-refractivity contribution in [3.63, 3.8) is 0 Å². The molecule has 0 radical (unpaired) electrons. The van der Waals surface area contributed by atoms with Crippen molar-refractivity contribution >= 4 is 11.6 Å². The molecular weight excluding hydrogens is 240 g/mol. The first kappa shape index (κ1) is 13.9. The van der Waals surface area contributed by atoms with Gasteiger partial charge in [-0.1, -0.05) is 13.0 Å². The molecule has 1 aliphatic heterocycles. The summed E-state index contributed by atoms with van der Waals surface area (Å²) in [5.74, 6) is 0.185. The Bertz CT molecular complexity index is 473. The minimum atomic E-state index is -0.286. The van der Waals surface area contributed by atoms with E-state index >= 15 is 0 Å². The predicted octanol–water partition coefficient (Wildman–Crippen LogP) is 1.88. The van der Waals surface area contributed by atoms with Gasteiger partial charge in [0.05, 0.1) is 11.7 Å². The van der Waals surface area contributed by atoms with E-state index in [4.69, 9.17) is 0 Å². The van der Waals surface area contributed by atoms with Crippen LogP contribution in [-0.4, -0.2) is 42.2 Å². The van der Waals surface area contributed by atoms with Crippen LogP contribution in [0.25, 0.3) is 0 Å². The monoisotopic (exact) mass is 262 g/mol. The van der Waals surface area contributed by atoms with Crippen LogP contribution in [0.4, 0.5) is 5.69 Å². The molecule has 2 atom stereocenters. The second kappa shape index (κ2) is 5.61. The van der Waals surface area contributed by atoms with Crippen molar-refractivity contribution in [3.8, 4) is 0 Å². The minimum Gasteiger partial charge on any atom is -0.393 e. The van der Waals surface area contributed by atoms with Crippen LogP contribution in [0.5, 0.6) is 0 Å². The van der Waals surface area contributed by atoms with E-state index in [1.807, 2.05) is 44.0 Å². The SMILES string of the molecule is CNc1cc(C)ccc1C(=O)N1CCC(O)C(C)C1. The fourth-order valence-electron chi connectivity index (χ4n) is 2.54. The lowest BCUT2D eigenvalue weighted by molar-refractivity contribution is 0.0298. The Morgan fingerprint density at radius 1 is 1.47 bits per heavy atom. The van der Waals surface area contributed by atoms with Crippen LogP contribution in [0.1, 0.15) is 29.3 Å². The van der Waals surface area contributed by atoms with Crippen LogP contribution < -0.4 is 5.32 Å². The summed E-state index contributed by atoms with van der Waals surface area (Å²) in [5, 5.41) is 12.8. The van der Waals surface area contributed by atoms with Crippen LogP contribution >= 0.6 is 0 Å². The van der Waals surface area contributed by atoms with E-state index in [1.54, 1.807) is 0 Å². The van der Waals surface area contributed by atoms with Gasteiger partial charge in [-0.15, -0.1) is 0 Å². The summed E-state index contributed by atoms with van der Waals surface area (Å²) in [4.78, 5) is 14.4. The van der Waals surface area contributed by atoms with Crippen LogP contribution in [0.15, 0.2) is 18.2 Å². The fraction of sp³-hybridized carbons (Fsp3) is 0.533. The quantitative estimate of drug-likeness (QED) is 0.855. The zero-order valence-electron chi connectivity index (χ0n) is 11.8. The van der Waals surface area contributed by atoms with Crippen LogP contribution in [0.2, 0.25) is 0 Å². The summed E-state index contributed by atoms with van der Waals surface area (Å²) in [7, 11) is 1.83. The smallest absolute Gasteiger partial charge is 0.255 e. The number of rotatable bonds is 2. The Kier molecular flexibility index (Phi) is 4.10. The molecule has 2 N–H and O–H groups in total. The maximum absolute atomic E-state index is 12.5. The van der Waals surface area contributed by atoms with E-state index in [1.165, 1.54) is 0 Å². The van der Waals surface area contributed by atoms with E-state index in [9.17, 15) is 9.90 Å². The maximum Gasteiger partial charge on any atom is 0.255 e. The van der Waals surface area contributed by atoms with Gasteiger partial charge in [0.2, 0.25) is 0 Å². The molecule has 0 aromatic heterocycles. The summed E-state index contributed by atoms with van der Waals surface area (Å²) in [6.45, 7) is 5.24. The number of piperidine rings is 1. The number of hydrogen-bond acceptors (Lipinski definition) is 3. The Labute approximate surface area is 114 Å². The van der Waals surface area contributed by atoms with Gasteiger partial charge in [0, 0.05) is 25.8 Å². The number of likely N-dealkylation sites (tertiary alicyclic amines) is 1. The summed E-state index contributed by atoms with van der Waals surface area (Å²) in [6, 6.07) is 5.81. The van der Waals surface area contributed by atoms with Gasteiger partial charge < -0.3 is 15.3 Å². The second-order valence-electron chi connectivity index (χ2n) is 5.38. The summed E-state index contributed by atoms with van der Waals surface area (Å²) in [5.41, 5.74) is 2.70. The van der Waals surface area contributed by atoms with E-state index in [2.05, 4.69) is 5.32 Å². The number of nitrogens with one attached hydrogen (secondary N) is 1. The molecule has 1 aromatic carbocycles. The standard InChI is InChI=1S/C15H22N2O2/c1-10-4-5-12(13(8-10)16-3)15(19)17-7-6-14(18)11(2)9-17/h4-5,8,11,14,16,18H,6-7,9H2,1-3H3. The normalized spacial score (nSPS) is 23.3. The molecule has 4 nitrogen and oxygen atoms in total. The van der Waals surface area contributed by atoms with Gasteiger partial charge in [-0.2, -0.15) is 0 Å². The van der Waals surface area contributed by atoms with Gasteiger partial charge in [0.25, 0.3) is 5.91 Å². The molecule has 1 aromatic rings. The lowest BCUT2D eigenvalue weighted by Gasteiger charge is -2.34. The summed E-state index contributed by atoms with van der Waals surface area (Å²) < 4.78 is 0. The minimum absolute atomic E-state index is 0.0445. The van der Waals surface area contributed by atoms with E-state index < -0.39 is 0 Å². The molecule has 1 heterocycles. The molecule has 0 aliphatic carbocycles. The third-order valence-electron chi connectivity index (χ3n) is 3.82. The summed E-state index contributed by atoms with van der Waals surface area (Å²) >= 11 is 0. The molecule has 1 amide bonds. The van der Waals surface area contributed by atoms with Crippen LogP contribution in [-0.2, 0) is 0 Å². The van der Waals surface area contributed by atoms with E-state index in [0.717, 1.165) is 11.3 Å². The van der Waals surface area contributed by atoms with E-state index in [0.29, 0.717) is 25.1 Å². The highest BCUT2D eigenvalue weighted by molar-refractivity contribution is 5.99. The second-order valence-corrected chi connectivity index (χ2v) is 5.38. The molecule has 2 rings (SSSR count). The highest BCUT2D eigenvalue weighted by atomic mass is 16.3. The lowest BCUT2D eigenvalue weighted by Crippen LogP contribution is -2.45. The van der Waals surface area contributed by atoms with Crippen molar-refractivity contribution in [2.24, 2.45) is 5.92 Å². The first-order chi connectivity index (χ1) is 9.02. The number of aliphatic hydroxyl groups is 1. The van der Waals surface area contributed by atoms with E-state index in [-0.39, 0.29) is 17.9 Å². The van der Waals surface area contributed by atoms with Crippen molar-refractivity contribution in [2.75, 3.05) is 25.5 Å². The van der Waals surface area contributed by atoms with Gasteiger partial charge in [0.15, 0.2) is 0 Å². The molecule has 0 spiro atoms. The lowest BCUT2D eigenvalue weighted by atomic mass is 9.96. The number of aliphatic hydroxyl groups excluding tert-OH is 1. The fourth-order valence-corrected chi connectivity index (χ4v) is 2.54. The van der Waals surface area contributed by atoms with Crippen molar-refractivity contribution in [2.45, 2.75) is 26.4 Å². The average Bonchev–Trinajstić information content (AvgIpc) is 2.41. The number of amides is 1. The molecule has 19 heavy (non-hydrogen) atoms. The first-order valence-corrected chi connectivity index (χ1v) is 6.78. The van der Waals surface area contributed by atoms with Crippen molar-refractivity contribution < 1.29 is 9.90 Å². The molecule has 0 saturated carbocycles. The highest BCUT2D eigenvalue weighted by Gasteiger charge is 2.28. The van der Waals surface area contributed by atoms with Gasteiger partial charge in [-0.05, 0) is 37.0 Å². The van der Waals surface area contributed by atoms with Gasteiger partial charge in [0.1, 0.15) is 0 Å². The van der Waals surface area contributed by atoms with Crippen LogP contribution in [0, 0.1) is 12.8 Å². The molecule has 1 fully saturated rings. The number of nitrogens with zero attached hydrogens (tertiary/aromatic N) is 1. The maximum atomic E-state index is 12.5. The largest absolute Gasteiger partial charge is 0.393 e. The number of aryl methyl sites for hydroxylation is 1. The van der Waals surface area contributed by atoms with Gasteiger partial charge in [-0.25, -0.2) is 0 Å². The third kappa shape index (κ3) is 2.89. The molecular formula is C15H22N2O2. The van der Waals surface area contributed by atoms with Crippen molar-refractivity contribution in [3.05, 3.63) is 29.3 Å². The summed E-state index contributed by atoms with van der Waals surface area (Å²) in [6.07, 6.45) is 0.374. The van der Waals surface area contributed by atoms with Crippen LogP contribution in [0.3, 0.4) is 0 Å². The average molecular weight is 262 g/mol. The Morgan fingerprint density at radius 3 is 2.84 bits per heavy atom. The van der Waals surface area contributed by atoms with Crippen molar-refractivity contribution in [1.29, 1.82) is 0 Å². The number of benzene rings is 1. The molecule has 1 aliphatic rings. The Morgan fingerprint density at radius 2 is 2.21 bits per heavy atom. The predicted molar refractivity (Wildman–Crippen MR) is 76.4 cm³/mol. The third-order valence-corrected chi connectivity index (χ3v) is 3.82. The molecule has 0 bridgehead atoms. The number of carbonyl (C=O) groups excluding carboxylic acids is 1. The number of carbonyl (C=O) groups is 1. The number of anilines is 1. The molecule has 4 heteroatoms. The van der Waals surface area contributed by atoms with Gasteiger partial charge >= 0.3 is 0 Å². The number of hydrogen-bond donors (Lipinski definition) is 2. The topological polar surface area (TPSA) is 52.6 Å². The Balaban J connectivity index is 2.20. The highest BCUT2D eigenvalue weighted by Crippen LogP contribution is 2.23. The molecule has 1 saturated heterocycles. The zero-order valence-corrected chi connectivity index (χ0v) is 11.8. The zero-order chi connectivity index (χ0) is 14.0. The Hall–Kier alpha value is -1.55. The van der Waals surface area contributed by atoms with Crippen molar-refractivity contribution in [1.82, 2.24) is 4.90 Å².